The molecule has 0 bridgehead atoms. The van der Waals surface area contributed by atoms with Gasteiger partial charge in [-0.25, -0.2) is 17.9 Å². The van der Waals surface area contributed by atoms with E-state index in [1.54, 1.807) is 12.1 Å². The molecule has 2 N–H and O–H groups in total. The van der Waals surface area contributed by atoms with Gasteiger partial charge in [0.2, 0.25) is 10.0 Å². The van der Waals surface area contributed by atoms with E-state index in [0.29, 0.717) is 16.1 Å². The van der Waals surface area contributed by atoms with Crippen molar-refractivity contribution in [3.8, 4) is 16.9 Å². The van der Waals surface area contributed by atoms with Crippen LogP contribution in [0.25, 0.3) is 11.1 Å². The first-order valence-corrected chi connectivity index (χ1v) is 9.32. The van der Waals surface area contributed by atoms with Gasteiger partial charge in [0.05, 0.1) is 4.90 Å². The molecule has 0 aromatic heterocycles. The van der Waals surface area contributed by atoms with Crippen LogP contribution in [0.5, 0.6) is 5.75 Å². The molecule has 0 aliphatic rings. The summed E-state index contributed by atoms with van der Waals surface area (Å²) in [5.74, 6) is -0.854. The van der Waals surface area contributed by atoms with Crippen molar-refractivity contribution >= 4 is 39.2 Å². The summed E-state index contributed by atoms with van der Waals surface area (Å²) in [6, 6.07) is 8.86. The molecule has 1 atom stereocenters. The molecule has 0 amide bonds. The maximum absolute atomic E-state index is 11.9. The number of rotatable bonds is 6. The van der Waals surface area contributed by atoms with Crippen molar-refractivity contribution in [3.63, 3.8) is 0 Å². The van der Waals surface area contributed by atoms with E-state index in [9.17, 15) is 13.2 Å². The van der Waals surface area contributed by atoms with Gasteiger partial charge >= 0.3 is 5.97 Å². The van der Waals surface area contributed by atoms with Gasteiger partial charge in [0.1, 0.15) is 5.75 Å². The number of hydrogen-bond donors (Lipinski definition) is 2. The zero-order chi connectivity index (χ0) is 18.8. The largest absolute Gasteiger partial charge is 0.479 e. The molecule has 25 heavy (non-hydrogen) atoms. The minimum atomic E-state index is -3.64. The van der Waals surface area contributed by atoms with Gasteiger partial charge in [0, 0.05) is 21.2 Å². The summed E-state index contributed by atoms with van der Waals surface area (Å²) >= 11 is 12.3. The van der Waals surface area contributed by atoms with Crippen LogP contribution in [0.4, 0.5) is 0 Å². The average molecular weight is 404 g/mol. The molecule has 0 aliphatic carbocycles. The lowest BCUT2D eigenvalue weighted by molar-refractivity contribution is -0.144. The maximum Gasteiger partial charge on any atom is 0.344 e. The Labute approximate surface area is 155 Å². The van der Waals surface area contributed by atoms with E-state index < -0.39 is 22.1 Å². The molecule has 134 valence electrons. The summed E-state index contributed by atoms with van der Waals surface area (Å²) in [4.78, 5) is 11.0. The molecule has 6 nitrogen and oxygen atoms in total. The van der Waals surface area contributed by atoms with E-state index in [1.807, 2.05) is 0 Å². The van der Waals surface area contributed by atoms with E-state index >= 15 is 0 Å². The van der Waals surface area contributed by atoms with Crippen LogP contribution in [-0.2, 0) is 14.8 Å². The fourth-order valence-corrected chi connectivity index (χ4v) is 3.33. The van der Waals surface area contributed by atoms with Gasteiger partial charge in [-0.1, -0.05) is 29.3 Å². The molecule has 0 radical (unpaired) electrons. The Morgan fingerprint density at radius 1 is 1.16 bits per heavy atom. The van der Waals surface area contributed by atoms with Crippen LogP contribution in [0.1, 0.15) is 6.92 Å². The smallest absolute Gasteiger partial charge is 0.344 e. The summed E-state index contributed by atoms with van der Waals surface area (Å²) in [5, 5.41) is 9.57. The van der Waals surface area contributed by atoms with Crippen LogP contribution in [0, 0.1) is 0 Å². The van der Waals surface area contributed by atoms with Gasteiger partial charge < -0.3 is 9.84 Å². The molecule has 0 spiro atoms. The molecule has 0 saturated carbocycles. The number of halogens is 2. The Balaban J connectivity index is 2.54. The van der Waals surface area contributed by atoms with Crippen LogP contribution in [-0.4, -0.2) is 32.6 Å². The topological polar surface area (TPSA) is 92.7 Å². The van der Waals surface area contributed by atoms with Crippen molar-refractivity contribution in [2.75, 3.05) is 7.05 Å². The molecular formula is C16H15Cl2NO5S. The SMILES string of the molecule is CNS(=O)(=O)c1ccc(-c2cc(Cl)ccc2O[C@@H](C)C(=O)O)c(Cl)c1. The lowest BCUT2D eigenvalue weighted by atomic mass is 10.0. The van der Waals surface area contributed by atoms with Crippen molar-refractivity contribution in [2.45, 2.75) is 17.9 Å². The van der Waals surface area contributed by atoms with Gasteiger partial charge in [-0.2, -0.15) is 0 Å². The first-order valence-electron chi connectivity index (χ1n) is 7.08. The van der Waals surface area contributed by atoms with Crippen LogP contribution < -0.4 is 9.46 Å². The number of aliphatic carboxylic acids is 1. The molecule has 2 aromatic rings. The monoisotopic (exact) mass is 403 g/mol. The Morgan fingerprint density at radius 2 is 1.84 bits per heavy atom. The Morgan fingerprint density at radius 3 is 2.40 bits per heavy atom. The Hall–Kier alpha value is -1.80. The van der Waals surface area contributed by atoms with Crippen molar-refractivity contribution in [1.29, 1.82) is 0 Å². The van der Waals surface area contributed by atoms with Gasteiger partial charge in [-0.05, 0) is 44.3 Å². The third-order valence-corrected chi connectivity index (χ3v) is 5.36. The molecule has 0 fully saturated rings. The summed E-state index contributed by atoms with van der Waals surface area (Å²) < 4.78 is 31.4. The minimum absolute atomic E-state index is 0.00662. The summed E-state index contributed by atoms with van der Waals surface area (Å²) in [6.07, 6.45) is -1.08. The second-order valence-electron chi connectivity index (χ2n) is 5.09. The number of carboxylic acids is 1. The zero-order valence-electron chi connectivity index (χ0n) is 13.3. The van der Waals surface area contributed by atoms with Crippen LogP contribution in [0.15, 0.2) is 41.3 Å². The maximum atomic E-state index is 11.9. The third kappa shape index (κ3) is 4.43. The Kier molecular flexibility index (Phi) is 5.95. The quantitative estimate of drug-likeness (QED) is 0.770. The summed E-state index contributed by atoms with van der Waals surface area (Å²) in [6.45, 7) is 1.39. The number of carboxylic acid groups (broad SMARTS) is 1. The second-order valence-corrected chi connectivity index (χ2v) is 7.82. The lowest BCUT2D eigenvalue weighted by Gasteiger charge is -2.16. The lowest BCUT2D eigenvalue weighted by Crippen LogP contribution is -2.23. The zero-order valence-corrected chi connectivity index (χ0v) is 15.6. The fourth-order valence-electron chi connectivity index (χ4n) is 2.06. The standard InChI is InChI=1S/C16H15Cl2NO5S/c1-9(16(20)21)24-15-6-3-10(17)7-13(15)12-5-4-11(8-14(12)18)25(22,23)19-2/h3-9,19H,1-2H3,(H,20,21)/t9-/m0/s1. The first-order chi connectivity index (χ1) is 11.7. The molecule has 2 rings (SSSR count). The van der Waals surface area contributed by atoms with E-state index in [1.165, 1.54) is 38.2 Å². The van der Waals surface area contributed by atoms with Crippen LogP contribution in [0.2, 0.25) is 10.0 Å². The predicted octanol–water partition coefficient (Wildman–Crippen LogP) is 3.42. The van der Waals surface area contributed by atoms with Crippen LogP contribution >= 0.6 is 23.2 Å². The van der Waals surface area contributed by atoms with Gasteiger partial charge in [-0.3, -0.25) is 0 Å². The molecule has 2 aromatic carbocycles. The highest BCUT2D eigenvalue weighted by Crippen LogP contribution is 2.38. The van der Waals surface area contributed by atoms with Crippen molar-refractivity contribution < 1.29 is 23.1 Å². The Bertz CT molecular complexity index is 915. The number of sulfonamides is 1. The number of nitrogens with one attached hydrogen (secondary N) is 1. The molecule has 0 unspecified atom stereocenters. The van der Waals surface area contributed by atoms with Crippen molar-refractivity contribution in [2.24, 2.45) is 0 Å². The average Bonchev–Trinajstić information content (AvgIpc) is 2.56. The van der Waals surface area contributed by atoms with Gasteiger partial charge in [-0.15, -0.1) is 0 Å². The summed E-state index contributed by atoms with van der Waals surface area (Å²) in [7, 11) is -2.34. The second kappa shape index (κ2) is 7.61. The highest BCUT2D eigenvalue weighted by Gasteiger charge is 2.19. The van der Waals surface area contributed by atoms with Crippen molar-refractivity contribution in [1.82, 2.24) is 4.72 Å². The molecular weight excluding hydrogens is 389 g/mol. The molecule has 9 heteroatoms. The number of ether oxygens (including phenoxy) is 1. The third-order valence-electron chi connectivity index (χ3n) is 3.40. The molecule has 0 heterocycles. The van der Waals surface area contributed by atoms with Gasteiger partial charge in [0.15, 0.2) is 6.10 Å². The first kappa shape index (κ1) is 19.5. The van der Waals surface area contributed by atoms with E-state index in [-0.39, 0.29) is 15.7 Å². The minimum Gasteiger partial charge on any atom is -0.479 e. The van der Waals surface area contributed by atoms with E-state index in [0.717, 1.165) is 0 Å². The van der Waals surface area contributed by atoms with E-state index in [2.05, 4.69) is 4.72 Å². The van der Waals surface area contributed by atoms with Crippen LogP contribution in [0.3, 0.4) is 0 Å². The van der Waals surface area contributed by atoms with E-state index in [4.69, 9.17) is 33.0 Å². The highest BCUT2D eigenvalue weighted by atomic mass is 35.5. The van der Waals surface area contributed by atoms with Crippen molar-refractivity contribution in [3.05, 3.63) is 46.4 Å². The summed E-state index contributed by atoms with van der Waals surface area (Å²) in [5.41, 5.74) is 0.922. The number of benzene rings is 2. The highest BCUT2D eigenvalue weighted by molar-refractivity contribution is 7.89. The number of hydrogen-bond acceptors (Lipinski definition) is 4. The molecule has 0 saturated heterocycles. The fraction of sp³-hybridized carbons (Fsp3) is 0.188. The number of carbonyl (C=O) groups is 1. The molecule has 0 aliphatic heterocycles. The predicted molar refractivity (Wildman–Crippen MR) is 95.9 cm³/mol. The van der Waals surface area contributed by atoms with Gasteiger partial charge in [0.25, 0.3) is 0 Å². The normalized spacial score (nSPS) is 12.6.